The Hall–Kier alpha value is -1.06. The third kappa shape index (κ3) is 3.83. The van der Waals surface area contributed by atoms with Crippen molar-refractivity contribution in [3.63, 3.8) is 0 Å². The molecule has 0 radical (unpaired) electrons. The average Bonchev–Trinajstić information content (AvgIpc) is 2.28. The molecular weight excluding hydrogens is 202 g/mol. The van der Waals surface area contributed by atoms with Gasteiger partial charge >= 0.3 is 0 Å². The fourth-order valence-corrected chi connectivity index (χ4v) is 1.48. The summed E-state index contributed by atoms with van der Waals surface area (Å²) >= 11 is 0. The van der Waals surface area contributed by atoms with Crippen molar-refractivity contribution in [1.82, 2.24) is 0 Å². The molecule has 3 nitrogen and oxygen atoms in total. The molecule has 1 unspecified atom stereocenters. The summed E-state index contributed by atoms with van der Waals surface area (Å²) in [7, 11) is 0. The molecule has 0 saturated carbocycles. The van der Waals surface area contributed by atoms with E-state index in [1.165, 1.54) is 0 Å². The van der Waals surface area contributed by atoms with Gasteiger partial charge in [0.2, 0.25) is 0 Å². The molecule has 0 fully saturated rings. The quantitative estimate of drug-likeness (QED) is 0.777. The number of aliphatic hydroxyl groups is 1. The maximum Gasteiger partial charge on any atom is 0.124 e. The summed E-state index contributed by atoms with van der Waals surface area (Å²) in [6.45, 7) is 4.33. The fourth-order valence-electron chi connectivity index (χ4n) is 1.48. The number of hydrogen-bond acceptors (Lipinski definition) is 3. The highest BCUT2D eigenvalue weighted by Crippen LogP contribution is 2.25. The number of rotatable bonds is 6. The van der Waals surface area contributed by atoms with Crippen LogP contribution in [-0.4, -0.2) is 17.8 Å². The Bertz CT molecular complexity index is 313. The second-order valence-electron chi connectivity index (χ2n) is 4.04. The second kappa shape index (κ2) is 6.51. The molecule has 3 N–H and O–H groups in total. The maximum atomic E-state index is 9.15. The van der Waals surface area contributed by atoms with Crippen LogP contribution in [0.1, 0.15) is 38.3 Å². The van der Waals surface area contributed by atoms with Crippen LogP contribution in [0, 0.1) is 0 Å². The summed E-state index contributed by atoms with van der Waals surface area (Å²) in [4.78, 5) is 0. The molecule has 0 aliphatic rings. The van der Waals surface area contributed by atoms with E-state index in [2.05, 4.69) is 6.92 Å². The number of para-hydroxylation sites is 1. The van der Waals surface area contributed by atoms with Gasteiger partial charge in [0.1, 0.15) is 5.75 Å². The third-order valence-corrected chi connectivity index (χ3v) is 2.55. The Balaban J connectivity index is 2.64. The van der Waals surface area contributed by atoms with Gasteiger partial charge in [-0.3, -0.25) is 0 Å². The normalized spacial score (nSPS) is 14.5. The van der Waals surface area contributed by atoms with Crippen LogP contribution in [0.15, 0.2) is 24.3 Å². The van der Waals surface area contributed by atoms with Gasteiger partial charge in [0, 0.05) is 18.0 Å². The molecule has 2 atom stereocenters. The van der Waals surface area contributed by atoms with Crippen molar-refractivity contribution in [2.45, 2.75) is 38.8 Å². The van der Waals surface area contributed by atoms with Gasteiger partial charge in [0.05, 0.1) is 12.7 Å². The van der Waals surface area contributed by atoms with Crippen LogP contribution in [0.4, 0.5) is 0 Å². The Morgan fingerprint density at radius 1 is 1.38 bits per heavy atom. The van der Waals surface area contributed by atoms with E-state index in [0.717, 1.165) is 17.7 Å². The second-order valence-corrected chi connectivity index (χ2v) is 4.04. The minimum Gasteiger partial charge on any atom is -0.493 e. The zero-order valence-corrected chi connectivity index (χ0v) is 10.0. The van der Waals surface area contributed by atoms with E-state index in [4.69, 9.17) is 15.6 Å². The van der Waals surface area contributed by atoms with E-state index in [-0.39, 0.29) is 12.1 Å². The molecule has 0 aliphatic heterocycles. The van der Waals surface area contributed by atoms with Crippen LogP contribution in [-0.2, 0) is 0 Å². The molecule has 1 aromatic rings. The average molecular weight is 223 g/mol. The molecule has 16 heavy (non-hydrogen) atoms. The largest absolute Gasteiger partial charge is 0.493 e. The molecule has 1 rings (SSSR count). The van der Waals surface area contributed by atoms with Crippen LogP contribution in [0.2, 0.25) is 0 Å². The molecule has 0 aromatic heterocycles. The molecule has 0 heterocycles. The lowest BCUT2D eigenvalue weighted by Gasteiger charge is -2.15. The van der Waals surface area contributed by atoms with E-state index >= 15 is 0 Å². The van der Waals surface area contributed by atoms with Gasteiger partial charge in [0.25, 0.3) is 0 Å². The summed E-state index contributed by atoms with van der Waals surface area (Å²) in [5.74, 6) is 0.831. The molecule has 0 bridgehead atoms. The van der Waals surface area contributed by atoms with E-state index in [1.807, 2.05) is 24.3 Å². The molecule has 3 heteroatoms. The summed E-state index contributed by atoms with van der Waals surface area (Å²) in [5.41, 5.74) is 7.03. The number of aliphatic hydroxyl groups excluding tert-OH is 1. The lowest BCUT2D eigenvalue weighted by atomic mass is 10.0. The lowest BCUT2D eigenvalue weighted by Crippen LogP contribution is -2.12. The van der Waals surface area contributed by atoms with Crippen molar-refractivity contribution < 1.29 is 9.84 Å². The van der Waals surface area contributed by atoms with Gasteiger partial charge in [-0.25, -0.2) is 0 Å². The lowest BCUT2D eigenvalue weighted by molar-refractivity contribution is 0.155. The summed E-state index contributed by atoms with van der Waals surface area (Å²) in [5, 5.41) is 9.15. The van der Waals surface area contributed by atoms with Crippen LogP contribution >= 0.6 is 0 Å². The Morgan fingerprint density at radius 3 is 2.69 bits per heavy atom. The highest BCUT2D eigenvalue weighted by atomic mass is 16.5. The van der Waals surface area contributed by atoms with Gasteiger partial charge in [-0.1, -0.05) is 25.1 Å². The highest BCUT2D eigenvalue weighted by Gasteiger charge is 2.09. The molecule has 0 saturated heterocycles. The molecule has 1 aromatic carbocycles. The predicted octanol–water partition coefficient (Wildman–Crippen LogP) is 2.25. The predicted molar refractivity (Wildman–Crippen MR) is 65.5 cm³/mol. The first-order chi connectivity index (χ1) is 7.65. The Morgan fingerprint density at radius 2 is 2.06 bits per heavy atom. The Labute approximate surface area is 97.2 Å². The summed E-state index contributed by atoms with van der Waals surface area (Å²) in [6, 6.07) is 7.83. The van der Waals surface area contributed by atoms with Gasteiger partial charge in [0.15, 0.2) is 0 Å². The van der Waals surface area contributed by atoms with Gasteiger partial charge in [-0.05, 0) is 19.4 Å². The van der Waals surface area contributed by atoms with E-state index < -0.39 is 0 Å². The maximum absolute atomic E-state index is 9.15. The van der Waals surface area contributed by atoms with Crippen LogP contribution in [0.5, 0.6) is 5.75 Å². The number of benzene rings is 1. The molecule has 90 valence electrons. The SMILES string of the molecule is CC[C@@H](N)c1ccccc1OCCC(C)O. The van der Waals surface area contributed by atoms with Crippen molar-refractivity contribution in [2.24, 2.45) is 5.73 Å². The van der Waals surface area contributed by atoms with Crippen molar-refractivity contribution in [3.05, 3.63) is 29.8 Å². The van der Waals surface area contributed by atoms with E-state index in [1.54, 1.807) is 6.92 Å². The molecular formula is C13H21NO2. The van der Waals surface area contributed by atoms with E-state index in [0.29, 0.717) is 13.0 Å². The van der Waals surface area contributed by atoms with Gasteiger partial charge < -0.3 is 15.6 Å². The minimum absolute atomic E-state index is 0.0164. The minimum atomic E-state index is -0.327. The smallest absolute Gasteiger partial charge is 0.124 e. The summed E-state index contributed by atoms with van der Waals surface area (Å²) in [6.07, 6.45) is 1.19. The monoisotopic (exact) mass is 223 g/mol. The van der Waals surface area contributed by atoms with Crippen LogP contribution < -0.4 is 10.5 Å². The fraction of sp³-hybridized carbons (Fsp3) is 0.538. The number of hydrogen-bond donors (Lipinski definition) is 2. The highest BCUT2D eigenvalue weighted by molar-refractivity contribution is 5.35. The van der Waals surface area contributed by atoms with Crippen molar-refractivity contribution in [3.8, 4) is 5.75 Å². The zero-order valence-electron chi connectivity index (χ0n) is 10.0. The van der Waals surface area contributed by atoms with Crippen molar-refractivity contribution in [2.75, 3.05) is 6.61 Å². The topological polar surface area (TPSA) is 55.5 Å². The third-order valence-electron chi connectivity index (χ3n) is 2.55. The first-order valence-corrected chi connectivity index (χ1v) is 5.80. The molecule has 0 aliphatic carbocycles. The number of ether oxygens (including phenoxy) is 1. The Kier molecular flexibility index (Phi) is 5.29. The summed E-state index contributed by atoms with van der Waals surface area (Å²) < 4.78 is 5.63. The molecule has 0 amide bonds. The first kappa shape index (κ1) is 13.0. The van der Waals surface area contributed by atoms with Gasteiger partial charge in [-0.15, -0.1) is 0 Å². The van der Waals surface area contributed by atoms with Crippen LogP contribution in [0.3, 0.4) is 0 Å². The first-order valence-electron chi connectivity index (χ1n) is 5.80. The van der Waals surface area contributed by atoms with E-state index in [9.17, 15) is 0 Å². The standard InChI is InChI=1S/C13H21NO2/c1-3-12(14)11-6-4-5-7-13(11)16-9-8-10(2)15/h4-7,10,12,15H,3,8-9,14H2,1-2H3/t10?,12-/m1/s1. The van der Waals surface area contributed by atoms with Crippen LogP contribution in [0.25, 0.3) is 0 Å². The number of nitrogens with two attached hydrogens (primary N) is 1. The van der Waals surface area contributed by atoms with Crippen molar-refractivity contribution in [1.29, 1.82) is 0 Å². The van der Waals surface area contributed by atoms with Crippen molar-refractivity contribution >= 4 is 0 Å². The van der Waals surface area contributed by atoms with Gasteiger partial charge in [-0.2, -0.15) is 0 Å². The molecule has 0 spiro atoms. The zero-order chi connectivity index (χ0) is 12.0.